The Morgan fingerprint density at radius 2 is 2.37 bits per heavy atom. The molecule has 1 aromatic heterocycles. The van der Waals surface area contributed by atoms with Gasteiger partial charge in [0.05, 0.1) is 13.1 Å². The molecule has 1 amide bonds. The van der Waals surface area contributed by atoms with E-state index in [1.807, 2.05) is 0 Å². The predicted octanol–water partition coefficient (Wildman–Crippen LogP) is 1.24. The SMILES string of the molecule is CN(Cc1nccn1C(F)F)C(=O)CNCC1CC1. The van der Waals surface area contributed by atoms with Crippen LogP contribution in [0.1, 0.15) is 25.2 Å². The first-order chi connectivity index (χ1) is 9.08. The molecule has 1 saturated carbocycles. The van der Waals surface area contributed by atoms with Crippen molar-refractivity contribution in [2.75, 3.05) is 20.1 Å². The Morgan fingerprint density at radius 1 is 1.63 bits per heavy atom. The molecule has 0 aromatic carbocycles. The minimum Gasteiger partial charge on any atom is -0.337 e. The van der Waals surface area contributed by atoms with Crippen LogP contribution in [0, 0.1) is 5.92 Å². The summed E-state index contributed by atoms with van der Waals surface area (Å²) < 4.78 is 26.0. The van der Waals surface area contributed by atoms with E-state index in [2.05, 4.69) is 10.3 Å². The summed E-state index contributed by atoms with van der Waals surface area (Å²) in [6.07, 6.45) is 4.97. The lowest BCUT2D eigenvalue weighted by atomic mass is 10.4. The molecule has 0 saturated heterocycles. The molecule has 0 radical (unpaired) electrons. The standard InChI is InChI=1S/C12H18F2N4O/c1-17(11(19)7-15-6-9-2-3-9)8-10-16-4-5-18(10)12(13)14/h4-5,9,12,15H,2-3,6-8H2,1H3. The molecule has 0 spiro atoms. The van der Waals surface area contributed by atoms with E-state index in [1.54, 1.807) is 7.05 Å². The first kappa shape index (κ1) is 13.9. The minimum absolute atomic E-state index is 0.0846. The van der Waals surface area contributed by atoms with Gasteiger partial charge in [0.15, 0.2) is 0 Å². The molecule has 1 aliphatic carbocycles. The van der Waals surface area contributed by atoms with Crippen molar-refractivity contribution < 1.29 is 13.6 Å². The number of alkyl halides is 2. The molecule has 1 N–H and O–H groups in total. The van der Waals surface area contributed by atoms with Crippen molar-refractivity contribution in [1.82, 2.24) is 19.8 Å². The lowest BCUT2D eigenvalue weighted by molar-refractivity contribution is -0.129. The molecular formula is C12H18F2N4O. The van der Waals surface area contributed by atoms with Crippen LogP contribution in [0.3, 0.4) is 0 Å². The van der Waals surface area contributed by atoms with Gasteiger partial charge in [0.1, 0.15) is 5.82 Å². The summed E-state index contributed by atoms with van der Waals surface area (Å²) in [5.41, 5.74) is 0. The molecule has 19 heavy (non-hydrogen) atoms. The number of carbonyl (C=O) groups excluding carboxylic acids is 1. The van der Waals surface area contributed by atoms with E-state index in [0.717, 1.165) is 11.1 Å². The van der Waals surface area contributed by atoms with E-state index >= 15 is 0 Å². The second kappa shape index (κ2) is 6.10. The van der Waals surface area contributed by atoms with Crippen LogP contribution in [0.15, 0.2) is 12.4 Å². The highest BCUT2D eigenvalue weighted by Gasteiger charge is 2.21. The zero-order valence-corrected chi connectivity index (χ0v) is 10.9. The highest BCUT2D eigenvalue weighted by Crippen LogP contribution is 2.27. The normalized spacial score (nSPS) is 14.9. The summed E-state index contributed by atoms with van der Waals surface area (Å²) in [6, 6.07) is 0. The first-order valence-electron chi connectivity index (χ1n) is 6.32. The zero-order chi connectivity index (χ0) is 13.8. The number of rotatable bonds is 7. The summed E-state index contributed by atoms with van der Waals surface area (Å²) in [4.78, 5) is 17.0. The fourth-order valence-corrected chi connectivity index (χ4v) is 1.78. The van der Waals surface area contributed by atoms with Gasteiger partial charge in [-0.25, -0.2) is 4.98 Å². The molecule has 0 bridgehead atoms. The number of hydrogen-bond acceptors (Lipinski definition) is 3. The van der Waals surface area contributed by atoms with Crippen LogP contribution in [0.4, 0.5) is 8.78 Å². The second-order valence-electron chi connectivity index (χ2n) is 4.85. The molecule has 1 aliphatic rings. The molecule has 5 nitrogen and oxygen atoms in total. The van der Waals surface area contributed by atoms with Crippen molar-refractivity contribution in [3.63, 3.8) is 0 Å². The smallest absolute Gasteiger partial charge is 0.319 e. The molecule has 7 heteroatoms. The van der Waals surface area contributed by atoms with Gasteiger partial charge in [-0.2, -0.15) is 8.78 Å². The summed E-state index contributed by atoms with van der Waals surface area (Å²) in [6.45, 7) is -1.46. The van der Waals surface area contributed by atoms with Crippen LogP contribution >= 0.6 is 0 Å². The maximum Gasteiger partial charge on any atom is 0.319 e. The minimum atomic E-state index is -2.63. The summed E-state index contributed by atoms with van der Waals surface area (Å²) in [5, 5.41) is 3.08. The second-order valence-corrected chi connectivity index (χ2v) is 4.85. The van der Waals surface area contributed by atoms with Crippen molar-refractivity contribution in [3.05, 3.63) is 18.2 Å². The van der Waals surface area contributed by atoms with Gasteiger partial charge >= 0.3 is 6.55 Å². The third-order valence-corrected chi connectivity index (χ3v) is 3.17. The van der Waals surface area contributed by atoms with Crippen LogP contribution in [-0.2, 0) is 11.3 Å². The van der Waals surface area contributed by atoms with Gasteiger partial charge in [0.25, 0.3) is 0 Å². The average Bonchev–Trinajstić information content (AvgIpc) is 3.06. The summed E-state index contributed by atoms with van der Waals surface area (Å²) >= 11 is 0. The molecule has 1 heterocycles. The Kier molecular flexibility index (Phi) is 4.47. The quantitative estimate of drug-likeness (QED) is 0.812. The van der Waals surface area contributed by atoms with Crippen molar-refractivity contribution in [1.29, 1.82) is 0 Å². The van der Waals surface area contributed by atoms with E-state index in [-0.39, 0.29) is 24.8 Å². The van der Waals surface area contributed by atoms with Gasteiger partial charge in [-0.05, 0) is 25.3 Å². The van der Waals surface area contributed by atoms with Gasteiger partial charge < -0.3 is 10.2 Å². The van der Waals surface area contributed by atoms with Gasteiger partial charge in [-0.3, -0.25) is 9.36 Å². The van der Waals surface area contributed by atoms with E-state index < -0.39 is 6.55 Å². The Labute approximate surface area is 110 Å². The molecular weight excluding hydrogens is 254 g/mol. The fraction of sp³-hybridized carbons (Fsp3) is 0.667. The monoisotopic (exact) mass is 272 g/mol. The topological polar surface area (TPSA) is 50.2 Å². The number of hydrogen-bond donors (Lipinski definition) is 1. The number of nitrogens with one attached hydrogen (secondary N) is 1. The van der Waals surface area contributed by atoms with Crippen LogP contribution in [-0.4, -0.2) is 40.5 Å². The number of nitrogens with zero attached hydrogens (tertiary/aromatic N) is 3. The molecule has 106 valence electrons. The highest BCUT2D eigenvalue weighted by molar-refractivity contribution is 5.77. The van der Waals surface area contributed by atoms with Gasteiger partial charge in [0.2, 0.25) is 5.91 Å². The third kappa shape index (κ3) is 3.99. The van der Waals surface area contributed by atoms with Crippen LogP contribution in [0.5, 0.6) is 0 Å². The number of carbonyl (C=O) groups is 1. The lowest BCUT2D eigenvalue weighted by Crippen LogP contribution is -2.36. The Balaban J connectivity index is 1.79. The summed E-state index contributed by atoms with van der Waals surface area (Å²) in [5.74, 6) is 0.772. The van der Waals surface area contributed by atoms with Crippen molar-refractivity contribution in [2.24, 2.45) is 5.92 Å². The zero-order valence-electron chi connectivity index (χ0n) is 10.9. The number of halogens is 2. The number of amides is 1. The molecule has 0 aliphatic heterocycles. The van der Waals surface area contributed by atoms with E-state index in [0.29, 0.717) is 5.92 Å². The van der Waals surface area contributed by atoms with E-state index in [1.165, 1.54) is 30.1 Å². The molecule has 1 aromatic rings. The lowest BCUT2D eigenvalue weighted by Gasteiger charge is -2.17. The van der Waals surface area contributed by atoms with Gasteiger partial charge in [-0.1, -0.05) is 0 Å². The maximum absolute atomic E-state index is 12.6. The van der Waals surface area contributed by atoms with Crippen LogP contribution < -0.4 is 5.32 Å². The number of aromatic nitrogens is 2. The third-order valence-electron chi connectivity index (χ3n) is 3.17. The maximum atomic E-state index is 12.6. The number of imidazole rings is 1. The summed E-state index contributed by atoms with van der Waals surface area (Å²) in [7, 11) is 1.59. The first-order valence-corrected chi connectivity index (χ1v) is 6.32. The molecule has 2 rings (SSSR count). The fourth-order valence-electron chi connectivity index (χ4n) is 1.78. The molecule has 0 atom stereocenters. The number of likely N-dealkylation sites (N-methyl/N-ethyl adjacent to an activating group) is 1. The highest BCUT2D eigenvalue weighted by atomic mass is 19.3. The van der Waals surface area contributed by atoms with Gasteiger partial charge in [0, 0.05) is 19.4 Å². The van der Waals surface area contributed by atoms with E-state index in [4.69, 9.17) is 0 Å². The molecule has 0 unspecified atom stereocenters. The Hall–Kier alpha value is -1.50. The Bertz CT molecular complexity index is 431. The van der Waals surface area contributed by atoms with Crippen molar-refractivity contribution in [2.45, 2.75) is 25.9 Å². The van der Waals surface area contributed by atoms with Crippen LogP contribution in [0.25, 0.3) is 0 Å². The average molecular weight is 272 g/mol. The van der Waals surface area contributed by atoms with Gasteiger partial charge in [-0.15, -0.1) is 0 Å². The predicted molar refractivity (Wildman–Crippen MR) is 65.5 cm³/mol. The van der Waals surface area contributed by atoms with Crippen LogP contribution in [0.2, 0.25) is 0 Å². The Morgan fingerprint density at radius 3 is 3.00 bits per heavy atom. The van der Waals surface area contributed by atoms with E-state index in [9.17, 15) is 13.6 Å². The largest absolute Gasteiger partial charge is 0.337 e. The van der Waals surface area contributed by atoms with Crippen molar-refractivity contribution in [3.8, 4) is 0 Å². The molecule has 1 fully saturated rings. The van der Waals surface area contributed by atoms with Crippen molar-refractivity contribution >= 4 is 5.91 Å².